The summed E-state index contributed by atoms with van der Waals surface area (Å²) in [7, 11) is 0. The van der Waals surface area contributed by atoms with Crippen LogP contribution in [0.1, 0.15) is 71.1 Å². The molecule has 0 aliphatic rings. The van der Waals surface area contributed by atoms with Crippen LogP contribution in [-0.4, -0.2) is 68.4 Å². The smallest absolute Gasteiger partial charge is 0.335 e. The van der Waals surface area contributed by atoms with Gasteiger partial charge < -0.3 is 30.8 Å². The number of carbonyl (C=O) groups excluding carboxylic acids is 1. The molecule has 4 atom stereocenters. The average molecular weight is 377 g/mol. The lowest BCUT2D eigenvalue weighted by atomic mass is 10.0. The first-order chi connectivity index (χ1) is 12.3. The van der Waals surface area contributed by atoms with Gasteiger partial charge in [-0.3, -0.25) is 4.79 Å². The number of amides is 1. The van der Waals surface area contributed by atoms with Crippen LogP contribution in [0, 0.1) is 0 Å². The Morgan fingerprint density at radius 3 is 1.62 bits per heavy atom. The Bertz CT molecular complexity index is 392. The maximum Gasteiger partial charge on any atom is 0.335 e. The quantitative estimate of drug-likeness (QED) is 0.215. The summed E-state index contributed by atoms with van der Waals surface area (Å²) < 4.78 is 0. The van der Waals surface area contributed by atoms with E-state index in [0.29, 0.717) is 6.54 Å². The van der Waals surface area contributed by atoms with Crippen LogP contribution in [0.3, 0.4) is 0 Å². The Balaban J connectivity index is 3.76. The summed E-state index contributed by atoms with van der Waals surface area (Å²) in [5.41, 5.74) is 0. The van der Waals surface area contributed by atoms with Crippen molar-refractivity contribution < 1.29 is 35.1 Å². The number of hydrogen-bond donors (Lipinski definition) is 6. The van der Waals surface area contributed by atoms with E-state index in [4.69, 9.17) is 10.2 Å². The third kappa shape index (κ3) is 10.7. The zero-order valence-corrected chi connectivity index (χ0v) is 15.6. The Kier molecular flexibility index (Phi) is 14.2. The second-order valence-corrected chi connectivity index (χ2v) is 6.68. The van der Waals surface area contributed by atoms with Crippen LogP contribution in [0.15, 0.2) is 0 Å². The minimum atomic E-state index is -2.28. The second-order valence-electron chi connectivity index (χ2n) is 6.68. The minimum absolute atomic E-state index is 0.316. The molecule has 8 heteroatoms. The molecule has 8 nitrogen and oxygen atoms in total. The first-order valence-electron chi connectivity index (χ1n) is 9.55. The number of carbonyl (C=O) groups is 2. The fraction of sp³-hybridized carbons (Fsp3) is 0.889. The molecule has 26 heavy (non-hydrogen) atoms. The Morgan fingerprint density at radius 2 is 1.15 bits per heavy atom. The molecule has 0 aromatic carbocycles. The monoisotopic (exact) mass is 377 g/mol. The molecule has 0 rings (SSSR count). The fourth-order valence-electron chi connectivity index (χ4n) is 2.60. The van der Waals surface area contributed by atoms with Gasteiger partial charge in [0, 0.05) is 6.54 Å². The topological polar surface area (TPSA) is 147 Å². The summed E-state index contributed by atoms with van der Waals surface area (Å²) >= 11 is 0. The van der Waals surface area contributed by atoms with Crippen molar-refractivity contribution in [2.75, 3.05) is 6.54 Å². The number of carboxylic acids is 1. The SMILES string of the molecule is CCCCCCCCCCCCNC(=O)[C@@H](O)[C@H](O)[C@@H](O)[C@@H](O)C(=O)O. The van der Waals surface area contributed by atoms with Gasteiger partial charge in [0.2, 0.25) is 0 Å². The molecule has 6 N–H and O–H groups in total. The van der Waals surface area contributed by atoms with Gasteiger partial charge in [0.05, 0.1) is 0 Å². The van der Waals surface area contributed by atoms with E-state index in [9.17, 15) is 24.9 Å². The van der Waals surface area contributed by atoms with E-state index in [1.807, 2.05) is 0 Å². The molecule has 0 aliphatic carbocycles. The fourth-order valence-corrected chi connectivity index (χ4v) is 2.60. The molecule has 0 aromatic rings. The van der Waals surface area contributed by atoms with E-state index in [2.05, 4.69) is 12.2 Å². The molecule has 154 valence electrons. The Labute approximate surface area is 155 Å². The van der Waals surface area contributed by atoms with Crippen LogP contribution < -0.4 is 5.32 Å². The lowest BCUT2D eigenvalue weighted by molar-refractivity contribution is -0.166. The van der Waals surface area contributed by atoms with Gasteiger partial charge >= 0.3 is 5.97 Å². The summed E-state index contributed by atoms with van der Waals surface area (Å²) in [5.74, 6) is -2.67. The number of carboxylic acid groups (broad SMARTS) is 1. The van der Waals surface area contributed by atoms with E-state index >= 15 is 0 Å². The first kappa shape index (κ1) is 24.8. The molecule has 0 radical (unpaired) electrons. The van der Waals surface area contributed by atoms with Crippen molar-refractivity contribution in [2.45, 2.75) is 95.5 Å². The van der Waals surface area contributed by atoms with E-state index in [-0.39, 0.29) is 0 Å². The Hall–Kier alpha value is -1.22. The zero-order chi connectivity index (χ0) is 19.9. The molecule has 0 aliphatic heterocycles. The van der Waals surface area contributed by atoms with Gasteiger partial charge in [0.15, 0.2) is 12.2 Å². The standard InChI is InChI=1S/C18H35NO7/c1-2-3-4-5-6-7-8-9-10-11-12-19-17(24)15(22)13(20)14(21)16(23)18(25)26/h13-16,20-23H,2-12H2,1H3,(H,19,24)(H,25,26)/t13-,14-,15+,16-/m1/s1. The van der Waals surface area contributed by atoms with Crippen molar-refractivity contribution in [3.63, 3.8) is 0 Å². The molecule has 1 amide bonds. The molecule has 0 saturated carbocycles. The maximum absolute atomic E-state index is 11.7. The lowest BCUT2D eigenvalue weighted by Gasteiger charge is -2.23. The number of nitrogens with one attached hydrogen (secondary N) is 1. The number of rotatable bonds is 16. The molecule has 0 aromatic heterocycles. The number of unbranched alkanes of at least 4 members (excludes halogenated alkanes) is 9. The minimum Gasteiger partial charge on any atom is -0.479 e. The summed E-state index contributed by atoms with van der Waals surface area (Å²) in [5, 5.41) is 48.7. The first-order valence-corrected chi connectivity index (χ1v) is 9.55. The largest absolute Gasteiger partial charge is 0.479 e. The molecule has 0 heterocycles. The maximum atomic E-state index is 11.7. The van der Waals surface area contributed by atoms with Crippen LogP contribution in [0.5, 0.6) is 0 Å². The zero-order valence-electron chi connectivity index (χ0n) is 15.6. The molecule has 0 bridgehead atoms. The molecule has 0 fully saturated rings. The van der Waals surface area contributed by atoms with Gasteiger partial charge in [0.25, 0.3) is 5.91 Å². The third-order valence-electron chi connectivity index (χ3n) is 4.35. The van der Waals surface area contributed by atoms with Gasteiger partial charge in [-0.25, -0.2) is 4.79 Å². The highest BCUT2D eigenvalue weighted by molar-refractivity contribution is 5.81. The predicted octanol–water partition coefficient (Wildman–Crippen LogP) is 0.552. The summed E-state index contributed by atoms with van der Waals surface area (Å²) in [6, 6.07) is 0. The molecular formula is C18H35NO7. The highest BCUT2D eigenvalue weighted by atomic mass is 16.4. The molecule has 0 saturated heterocycles. The third-order valence-corrected chi connectivity index (χ3v) is 4.35. The van der Waals surface area contributed by atoms with E-state index in [1.165, 1.54) is 38.5 Å². The lowest BCUT2D eigenvalue weighted by Crippen LogP contribution is -2.52. The number of aliphatic hydroxyl groups is 4. The van der Waals surface area contributed by atoms with Gasteiger partial charge in [-0.2, -0.15) is 0 Å². The van der Waals surface area contributed by atoms with E-state index in [1.54, 1.807) is 0 Å². The van der Waals surface area contributed by atoms with Crippen molar-refractivity contribution >= 4 is 11.9 Å². The number of hydrogen-bond acceptors (Lipinski definition) is 6. The molecule has 0 unspecified atom stereocenters. The molecular weight excluding hydrogens is 342 g/mol. The predicted molar refractivity (Wildman–Crippen MR) is 96.5 cm³/mol. The highest BCUT2D eigenvalue weighted by Crippen LogP contribution is 2.10. The van der Waals surface area contributed by atoms with Gasteiger partial charge in [-0.15, -0.1) is 0 Å². The van der Waals surface area contributed by atoms with Crippen molar-refractivity contribution in [3.05, 3.63) is 0 Å². The van der Waals surface area contributed by atoms with E-state index in [0.717, 1.165) is 25.7 Å². The van der Waals surface area contributed by atoms with Crippen molar-refractivity contribution in [2.24, 2.45) is 0 Å². The van der Waals surface area contributed by atoms with Crippen LogP contribution in [0.25, 0.3) is 0 Å². The van der Waals surface area contributed by atoms with Crippen molar-refractivity contribution in [1.29, 1.82) is 0 Å². The summed E-state index contributed by atoms with van der Waals surface area (Å²) in [4.78, 5) is 22.2. The summed E-state index contributed by atoms with van der Waals surface area (Å²) in [6.07, 6.45) is 2.94. The van der Waals surface area contributed by atoms with Crippen molar-refractivity contribution in [1.82, 2.24) is 5.32 Å². The van der Waals surface area contributed by atoms with Crippen LogP contribution >= 0.6 is 0 Å². The highest BCUT2D eigenvalue weighted by Gasteiger charge is 2.37. The summed E-state index contributed by atoms with van der Waals surface area (Å²) in [6.45, 7) is 2.51. The number of aliphatic carboxylic acids is 1. The molecule has 0 spiro atoms. The van der Waals surface area contributed by atoms with Gasteiger partial charge in [0.1, 0.15) is 12.2 Å². The Morgan fingerprint density at radius 1 is 0.731 bits per heavy atom. The van der Waals surface area contributed by atoms with Gasteiger partial charge in [-0.05, 0) is 6.42 Å². The van der Waals surface area contributed by atoms with Crippen molar-refractivity contribution in [3.8, 4) is 0 Å². The van der Waals surface area contributed by atoms with Crippen LogP contribution in [-0.2, 0) is 9.59 Å². The van der Waals surface area contributed by atoms with Crippen LogP contribution in [0.2, 0.25) is 0 Å². The van der Waals surface area contributed by atoms with Gasteiger partial charge in [-0.1, -0.05) is 64.7 Å². The average Bonchev–Trinajstić information content (AvgIpc) is 2.63. The normalized spacial score (nSPS) is 15.9. The van der Waals surface area contributed by atoms with E-state index < -0.39 is 36.3 Å². The number of aliphatic hydroxyl groups excluding tert-OH is 4. The van der Waals surface area contributed by atoms with Crippen LogP contribution in [0.4, 0.5) is 0 Å². The second kappa shape index (κ2) is 14.9.